The molecule has 0 saturated carbocycles. The van der Waals surface area contributed by atoms with Crippen molar-refractivity contribution in [2.24, 2.45) is 5.10 Å². The first-order valence-electron chi connectivity index (χ1n) is 7.73. The average Bonchev–Trinajstić information content (AvgIpc) is 2.65. The van der Waals surface area contributed by atoms with E-state index in [1.54, 1.807) is 18.3 Å². The summed E-state index contributed by atoms with van der Waals surface area (Å²) in [5, 5.41) is 13.4. The van der Waals surface area contributed by atoms with E-state index < -0.39 is 5.56 Å². The molecule has 0 aliphatic heterocycles. The molecule has 0 radical (unpaired) electrons. The minimum absolute atomic E-state index is 0.0341. The number of aromatic amines is 1. The van der Waals surface area contributed by atoms with Gasteiger partial charge in [-0.15, -0.1) is 0 Å². The Morgan fingerprint density at radius 1 is 1.27 bits per heavy atom. The fourth-order valence-corrected chi connectivity index (χ4v) is 2.69. The number of benzene rings is 2. The number of aryl methyl sites for hydroxylation is 1. The highest BCUT2D eigenvalue weighted by molar-refractivity contribution is 9.10. The van der Waals surface area contributed by atoms with Crippen LogP contribution in [0.1, 0.15) is 16.7 Å². The number of anilines is 1. The van der Waals surface area contributed by atoms with E-state index in [1.807, 2.05) is 49.4 Å². The van der Waals surface area contributed by atoms with Gasteiger partial charge in [-0.25, -0.2) is 10.4 Å². The molecule has 2 N–H and O–H groups in total. The third-order valence-corrected chi connectivity index (χ3v) is 4.51. The van der Waals surface area contributed by atoms with E-state index in [4.69, 9.17) is 0 Å². The van der Waals surface area contributed by atoms with Crippen molar-refractivity contribution in [1.29, 1.82) is 5.26 Å². The van der Waals surface area contributed by atoms with Crippen molar-refractivity contribution < 1.29 is 0 Å². The van der Waals surface area contributed by atoms with Crippen molar-refractivity contribution >= 4 is 28.1 Å². The molecule has 0 fully saturated rings. The quantitative estimate of drug-likeness (QED) is 0.507. The van der Waals surface area contributed by atoms with Crippen molar-refractivity contribution in [2.75, 3.05) is 5.43 Å². The van der Waals surface area contributed by atoms with E-state index >= 15 is 0 Å². The van der Waals surface area contributed by atoms with Gasteiger partial charge in [0, 0.05) is 10.0 Å². The fraction of sp³-hybridized carbons (Fsp3) is 0.0526. The number of nitrogens with one attached hydrogen (secondary N) is 2. The van der Waals surface area contributed by atoms with Crippen LogP contribution in [-0.4, -0.2) is 16.2 Å². The second-order valence-corrected chi connectivity index (χ2v) is 6.35. The molecule has 2 aromatic carbocycles. The van der Waals surface area contributed by atoms with Crippen LogP contribution in [0.4, 0.5) is 5.95 Å². The van der Waals surface area contributed by atoms with Gasteiger partial charge in [0.15, 0.2) is 0 Å². The summed E-state index contributed by atoms with van der Waals surface area (Å²) >= 11 is 3.47. The highest BCUT2D eigenvalue weighted by Gasteiger charge is 2.12. The lowest BCUT2D eigenvalue weighted by Gasteiger charge is -2.06. The number of hydrogen-bond donors (Lipinski definition) is 2. The number of nitrogens with zero attached hydrogens (tertiary/aromatic N) is 3. The number of halogens is 1. The molecule has 0 unspecified atom stereocenters. The lowest BCUT2D eigenvalue weighted by molar-refractivity contribution is 1.08. The zero-order chi connectivity index (χ0) is 18.5. The zero-order valence-corrected chi connectivity index (χ0v) is 15.4. The van der Waals surface area contributed by atoms with Crippen LogP contribution in [0.3, 0.4) is 0 Å². The van der Waals surface area contributed by atoms with E-state index in [2.05, 4.69) is 36.4 Å². The average molecular weight is 408 g/mol. The van der Waals surface area contributed by atoms with Gasteiger partial charge in [-0.2, -0.15) is 10.4 Å². The standard InChI is InChI=1S/C19H14BrN5O/c1-12-7-8-13(9-16(12)20)11-22-25-19-23-17(14-5-3-2-4-6-14)15(10-21)18(26)24-19/h2-9,11H,1H3,(H2,23,24,25,26). The normalized spacial score (nSPS) is 10.7. The maximum absolute atomic E-state index is 12.2. The molecule has 0 saturated heterocycles. The highest BCUT2D eigenvalue weighted by atomic mass is 79.9. The molecule has 7 heteroatoms. The molecule has 1 aromatic heterocycles. The van der Waals surface area contributed by atoms with Crippen LogP contribution < -0.4 is 11.0 Å². The summed E-state index contributed by atoms with van der Waals surface area (Å²) < 4.78 is 0.984. The maximum Gasteiger partial charge on any atom is 0.270 e. The Hall–Kier alpha value is -3.24. The summed E-state index contributed by atoms with van der Waals surface area (Å²) in [6.45, 7) is 2.00. The molecule has 6 nitrogen and oxygen atoms in total. The first-order valence-corrected chi connectivity index (χ1v) is 8.53. The summed E-state index contributed by atoms with van der Waals surface area (Å²) in [6.07, 6.45) is 1.62. The summed E-state index contributed by atoms with van der Waals surface area (Å²) in [5.74, 6) is 0.162. The van der Waals surface area contributed by atoms with Gasteiger partial charge in [0.1, 0.15) is 11.6 Å². The topological polar surface area (TPSA) is 93.9 Å². The number of aromatic nitrogens is 2. The SMILES string of the molecule is Cc1ccc(C=NNc2nc(-c3ccccc3)c(C#N)c(=O)[nH]2)cc1Br. The Bertz CT molecular complexity index is 1070. The number of hydrazone groups is 1. The Balaban J connectivity index is 1.90. The fourth-order valence-electron chi connectivity index (χ4n) is 2.29. The third-order valence-electron chi connectivity index (χ3n) is 3.66. The first-order chi connectivity index (χ1) is 12.6. The lowest BCUT2D eigenvalue weighted by Crippen LogP contribution is -2.16. The van der Waals surface area contributed by atoms with Gasteiger partial charge in [0.05, 0.1) is 11.9 Å². The van der Waals surface area contributed by atoms with Gasteiger partial charge >= 0.3 is 0 Å². The van der Waals surface area contributed by atoms with E-state index in [1.165, 1.54) is 0 Å². The van der Waals surface area contributed by atoms with Crippen molar-refractivity contribution in [3.8, 4) is 17.3 Å². The predicted molar refractivity (Wildman–Crippen MR) is 105 cm³/mol. The van der Waals surface area contributed by atoms with Crippen LogP contribution in [0.25, 0.3) is 11.3 Å². The maximum atomic E-state index is 12.2. The first kappa shape index (κ1) is 17.6. The molecule has 128 valence electrons. The van der Waals surface area contributed by atoms with Crippen LogP contribution in [0, 0.1) is 18.3 Å². The number of H-pyrrole nitrogens is 1. The minimum Gasteiger partial charge on any atom is -0.290 e. The molecule has 0 atom stereocenters. The molecule has 0 aliphatic carbocycles. The summed E-state index contributed by atoms with van der Waals surface area (Å²) in [7, 11) is 0. The van der Waals surface area contributed by atoms with Crippen LogP contribution >= 0.6 is 15.9 Å². The van der Waals surface area contributed by atoms with Gasteiger partial charge < -0.3 is 0 Å². The molecule has 0 amide bonds. The second-order valence-electron chi connectivity index (χ2n) is 5.49. The lowest BCUT2D eigenvalue weighted by atomic mass is 10.1. The van der Waals surface area contributed by atoms with Gasteiger partial charge in [-0.1, -0.05) is 58.4 Å². The summed E-state index contributed by atoms with van der Waals surface area (Å²) in [5.41, 5.74) is 5.16. The number of nitriles is 1. The van der Waals surface area contributed by atoms with Crippen molar-refractivity contribution in [1.82, 2.24) is 9.97 Å². The summed E-state index contributed by atoms with van der Waals surface area (Å²) in [4.78, 5) is 19.0. The Morgan fingerprint density at radius 3 is 2.73 bits per heavy atom. The molecular weight excluding hydrogens is 394 g/mol. The molecular formula is C19H14BrN5O. The molecule has 3 aromatic rings. The van der Waals surface area contributed by atoms with Crippen LogP contribution in [0.15, 0.2) is 62.9 Å². The van der Waals surface area contributed by atoms with Crippen molar-refractivity contribution in [3.05, 3.63) is 80.0 Å². The van der Waals surface area contributed by atoms with Gasteiger partial charge in [0.25, 0.3) is 5.56 Å². The van der Waals surface area contributed by atoms with Crippen LogP contribution in [0.5, 0.6) is 0 Å². The van der Waals surface area contributed by atoms with Gasteiger partial charge in [-0.05, 0) is 24.1 Å². The molecule has 0 bridgehead atoms. The Morgan fingerprint density at radius 2 is 2.04 bits per heavy atom. The van der Waals surface area contributed by atoms with Crippen molar-refractivity contribution in [3.63, 3.8) is 0 Å². The summed E-state index contributed by atoms with van der Waals surface area (Å²) in [6, 6.07) is 16.8. The molecule has 26 heavy (non-hydrogen) atoms. The smallest absolute Gasteiger partial charge is 0.270 e. The van der Waals surface area contributed by atoms with E-state index in [9.17, 15) is 10.1 Å². The monoisotopic (exact) mass is 407 g/mol. The van der Waals surface area contributed by atoms with Crippen LogP contribution in [0.2, 0.25) is 0 Å². The molecule has 3 rings (SSSR count). The third kappa shape index (κ3) is 3.87. The Kier molecular flexibility index (Phi) is 5.25. The predicted octanol–water partition coefficient (Wildman–Crippen LogP) is 3.83. The zero-order valence-electron chi connectivity index (χ0n) is 13.8. The minimum atomic E-state index is -0.517. The largest absolute Gasteiger partial charge is 0.290 e. The van der Waals surface area contributed by atoms with E-state index in [0.717, 1.165) is 15.6 Å². The van der Waals surface area contributed by atoms with Gasteiger partial charge in [0.2, 0.25) is 5.95 Å². The highest BCUT2D eigenvalue weighted by Crippen LogP contribution is 2.19. The molecule has 0 spiro atoms. The Labute approximate surface area is 158 Å². The van der Waals surface area contributed by atoms with Gasteiger partial charge in [-0.3, -0.25) is 9.78 Å². The molecule has 0 aliphatic rings. The van der Waals surface area contributed by atoms with E-state index in [0.29, 0.717) is 11.3 Å². The second kappa shape index (κ2) is 7.76. The van der Waals surface area contributed by atoms with Crippen LogP contribution in [-0.2, 0) is 0 Å². The number of hydrogen-bond acceptors (Lipinski definition) is 5. The van der Waals surface area contributed by atoms with Crippen molar-refractivity contribution in [2.45, 2.75) is 6.92 Å². The molecule has 1 heterocycles. The number of rotatable bonds is 4. The van der Waals surface area contributed by atoms with E-state index in [-0.39, 0.29) is 11.5 Å².